The summed E-state index contributed by atoms with van der Waals surface area (Å²) < 4.78 is 62.7. The topological polar surface area (TPSA) is 82.3 Å². The van der Waals surface area contributed by atoms with E-state index in [1.807, 2.05) is 0 Å². The summed E-state index contributed by atoms with van der Waals surface area (Å²) in [6.45, 7) is 1.68. The van der Waals surface area contributed by atoms with Gasteiger partial charge >= 0.3 is 15.6 Å². The van der Waals surface area contributed by atoms with Gasteiger partial charge in [-0.25, -0.2) is 4.98 Å². The quantitative estimate of drug-likeness (QED) is 0.620. The summed E-state index contributed by atoms with van der Waals surface area (Å²) in [5.41, 5.74) is -0.425. The molecule has 114 valence electrons. The van der Waals surface area contributed by atoms with Crippen molar-refractivity contribution in [3.05, 3.63) is 34.9 Å². The van der Waals surface area contributed by atoms with Gasteiger partial charge in [-0.3, -0.25) is 0 Å². The zero-order valence-electron chi connectivity index (χ0n) is 10.8. The molecule has 1 aromatic heterocycles. The Kier molecular flexibility index (Phi) is 3.58. The van der Waals surface area contributed by atoms with E-state index in [0.29, 0.717) is 10.4 Å². The number of nitrogens with two attached hydrogens (primary N) is 1. The number of allylic oxidation sites excluding steroid dienone is 1. The summed E-state index contributed by atoms with van der Waals surface area (Å²) in [5, 5.41) is 1.00. The smallest absolute Gasteiger partial charge is 0.355 e. The van der Waals surface area contributed by atoms with Gasteiger partial charge in [0.05, 0.1) is 5.54 Å². The molecule has 1 atom stereocenters. The summed E-state index contributed by atoms with van der Waals surface area (Å²) in [7, 11) is -5.75. The monoisotopic (exact) mass is 320 g/mol. The molecule has 0 saturated heterocycles. The lowest BCUT2D eigenvalue weighted by atomic mass is 10.0. The number of hydrogen-bond donors (Lipinski definition) is 1. The number of nitrogens with zero attached hydrogens (tertiary/aromatic N) is 1. The van der Waals surface area contributed by atoms with E-state index in [9.17, 15) is 21.6 Å². The van der Waals surface area contributed by atoms with Gasteiger partial charge in [0.25, 0.3) is 0 Å². The number of halogens is 3. The average Bonchev–Trinajstić information content (AvgIpc) is 2.43. The minimum absolute atomic E-state index is 0.423. The van der Waals surface area contributed by atoms with E-state index >= 15 is 0 Å². The highest BCUT2D eigenvalue weighted by molar-refractivity contribution is 7.87. The van der Waals surface area contributed by atoms with Gasteiger partial charge in [-0.05, 0) is 12.1 Å². The van der Waals surface area contributed by atoms with E-state index in [0.717, 1.165) is 6.07 Å². The average molecular weight is 320 g/mol. The zero-order chi connectivity index (χ0) is 15.9. The maximum absolute atomic E-state index is 12.3. The van der Waals surface area contributed by atoms with Crippen molar-refractivity contribution < 1.29 is 25.8 Å². The SMILES string of the molecule is CC1(N)C=CC=c2cnc(OS(=O)(=O)C(F)(F)F)cc2=C1. The maximum atomic E-state index is 12.3. The Hall–Kier alpha value is -1.87. The molecule has 0 radical (unpaired) electrons. The number of alkyl halides is 3. The van der Waals surface area contributed by atoms with Crippen molar-refractivity contribution in [1.82, 2.24) is 4.98 Å². The van der Waals surface area contributed by atoms with Crippen LogP contribution >= 0.6 is 0 Å². The molecular formula is C12H11F3N2O3S. The second kappa shape index (κ2) is 4.85. The van der Waals surface area contributed by atoms with Gasteiger partial charge in [0, 0.05) is 17.5 Å². The molecule has 1 aliphatic carbocycles. The van der Waals surface area contributed by atoms with Gasteiger partial charge in [-0.1, -0.05) is 24.3 Å². The van der Waals surface area contributed by atoms with Crippen LogP contribution in [0.2, 0.25) is 0 Å². The van der Waals surface area contributed by atoms with Crippen LogP contribution in [0.5, 0.6) is 5.88 Å². The molecule has 1 unspecified atom stereocenters. The summed E-state index contributed by atoms with van der Waals surface area (Å²) in [4.78, 5) is 3.55. The first-order valence-electron chi connectivity index (χ1n) is 5.68. The standard InChI is InChI=1S/C12H11F3N2O3S/c1-11(16)4-2-3-8-7-17-10(5-9(8)6-11)20-21(18,19)12(13,14)15/h2-7H,16H2,1H3. The first-order chi connectivity index (χ1) is 9.50. The third-order valence-corrected chi connectivity index (χ3v) is 3.58. The molecule has 2 N–H and O–H groups in total. The fraction of sp³-hybridized carbons (Fsp3) is 0.250. The summed E-state index contributed by atoms with van der Waals surface area (Å²) >= 11 is 0. The minimum atomic E-state index is -5.75. The first kappa shape index (κ1) is 15.5. The van der Waals surface area contributed by atoms with Crippen LogP contribution < -0.4 is 20.4 Å². The molecule has 9 heteroatoms. The number of rotatable bonds is 2. The molecule has 0 spiro atoms. The Balaban J connectivity index is 2.50. The van der Waals surface area contributed by atoms with Crippen LogP contribution in [-0.4, -0.2) is 24.4 Å². The van der Waals surface area contributed by atoms with E-state index < -0.39 is 27.0 Å². The van der Waals surface area contributed by atoms with Crippen LogP contribution in [-0.2, 0) is 10.1 Å². The third-order valence-electron chi connectivity index (χ3n) is 2.62. The van der Waals surface area contributed by atoms with E-state index in [-0.39, 0.29) is 0 Å². The van der Waals surface area contributed by atoms with Gasteiger partial charge in [0.2, 0.25) is 5.88 Å². The van der Waals surface area contributed by atoms with Crippen molar-refractivity contribution in [3.63, 3.8) is 0 Å². The number of fused-ring (bicyclic) bond motifs is 1. The molecule has 0 aromatic carbocycles. The Labute approximate surface area is 118 Å². The molecule has 1 aliphatic rings. The highest BCUT2D eigenvalue weighted by atomic mass is 32.2. The molecule has 0 aliphatic heterocycles. The lowest BCUT2D eigenvalue weighted by molar-refractivity contribution is -0.0501. The van der Waals surface area contributed by atoms with Crippen LogP contribution in [0, 0.1) is 0 Å². The summed E-state index contributed by atoms with van der Waals surface area (Å²) in [6.07, 6.45) is 7.78. The fourth-order valence-corrected chi connectivity index (χ4v) is 2.08. The van der Waals surface area contributed by atoms with Crippen LogP contribution in [0.25, 0.3) is 12.2 Å². The van der Waals surface area contributed by atoms with E-state index in [4.69, 9.17) is 5.73 Å². The van der Waals surface area contributed by atoms with Crippen LogP contribution in [0.3, 0.4) is 0 Å². The van der Waals surface area contributed by atoms with Crippen LogP contribution in [0.1, 0.15) is 6.92 Å². The van der Waals surface area contributed by atoms with E-state index in [2.05, 4.69) is 9.17 Å². The zero-order valence-corrected chi connectivity index (χ0v) is 11.6. The highest BCUT2D eigenvalue weighted by Gasteiger charge is 2.48. The molecule has 1 aromatic rings. The van der Waals surface area contributed by atoms with Crippen molar-refractivity contribution >= 4 is 22.3 Å². The van der Waals surface area contributed by atoms with Gasteiger partial charge < -0.3 is 9.92 Å². The molecule has 0 saturated carbocycles. The third kappa shape index (κ3) is 3.42. The van der Waals surface area contributed by atoms with Crippen molar-refractivity contribution in [3.8, 4) is 5.88 Å². The second-order valence-corrected chi connectivity index (χ2v) is 6.21. The Bertz CT molecular complexity index is 811. The lowest BCUT2D eigenvalue weighted by Crippen LogP contribution is -2.36. The normalized spacial score (nSPS) is 21.8. The summed E-state index contributed by atoms with van der Waals surface area (Å²) in [6, 6.07) is 1.09. The van der Waals surface area contributed by atoms with Crippen LogP contribution in [0.4, 0.5) is 13.2 Å². The largest absolute Gasteiger partial charge is 0.534 e. The molecule has 21 heavy (non-hydrogen) atoms. The van der Waals surface area contributed by atoms with Crippen molar-refractivity contribution in [2.75, 3.05) is 0 Å². The first-order valence-corrected chi connectivity index (χ1v) is 7.09. The minimum Gasteiger partial charge on any atom is -0.355 e. The molecule has 0 amide bonds. The number of pyridine rings is 1. The number of hydrogen-bond acceptors (Lipinski definition) is 5. The van der Waals surface area contributed by atoms with Crippen molar-refractivity contribution in [1.29, 1.82) is 0 Å². The van der Waals surface area contributed by atoms with E-state index in [1.165, 1.54) is 6.20 Å². The Morgan fingerprint density at radius 2 is 2.00 bits per heavy atom. The Morgan fingerprint density at radius 1 is 1.33 bits per heavy atom. The second-order valence-electron chi connectivity index (χ2n) is 4.67. The van der Waals surface area contributed by atoms with Gasteiger partial charge in [-0.15, -0.1) is 0 Å². The van der Waals surface area contributed by atoms with Crippen molar-refractivity contribution in [2.45, 2.75) is 18.0 Å². The predicted molar refractivity (Wildman–Crippen MR) is 69.8 cm³/mol. The van der Waals surface area contributed by atoms with Crippen molar-refractivity contribution in [2.24, 2.45) is 5.73 Å². The molecule has 0 fully saturated rings. The number of aromatic nitrogens is 1. The van der Waals surface area contributed by atoms with Gasteiger partial charge in [0.1, 0.15) is 0 Å². The van der Waals surface area contributed by atoms with E-state index in [1.54, 1.807) is 31.2 Å². The lowest BCUT2D eigenvalue weighted by Gasteiger charge is -2.13. The Morgan fingerprint density at radius 3 is 2.62 bits per heavy atom. The molecule has 0 bridgehead atoms. The van der Waals surface area contributed by atoms with Gasteiger partial charge in [0.15, 0.2) is 0 Å². The highest BCUT2D eigenvalue weighted by Crippen LogP contribution is 2.25. The molecular weight excluding hydrogens is 309 g/mol. The van der Waals surface area contributed by atoms with Gasteiger partial charge in [-0.2, -0.15) is 21.6 Å². The fourth-order valence-electron chi connectivity index (χ4n) is 1.67. The molecule has 1 heterocycles. The summed E-state index contributed by atoms with van der Waals surface area (Å²) in [5.74, 6) is -0.673. The van der Waals surface area contributed by atoms with Crippen LogP contribution in [0.15, 0.2) is 24.4 Å². The predicted octanol–water partition coefficient (Wildman–Crippen LogP) is 0.158. The molecule has 2 rings (SSSR count). The molecule has 5 nitrogen and oxygen atoms in total. The maximum Gasteiger partial charge on any atom is 0.534 e.